The zero-order chi connectivity index (χ0) is 42.8. The van der Waals surface area contributed by atoms with Crippen LogP contribution in [0.15, 0.2) is 24.3 Å². The Balaban J connectivity index is 4.30. The molecule has 58 heavy (non-hydrogen) atoms. The number of nitrogens with zero attached hydrogens (tertiary/aromatic N) is 1. The number of allylic oxidation sites excluding steroid dienone is 4. The highest BCUT2D eigenvalue weighted by atomic mass is 31.2. The van der Waals surface area contributed by atoms with E-state index in [2.05, 4.69) is 38.2 Å². The lowest BCUT2D eigenvalue weighted by molar-refractivity contribution is -0.870. The van der Waals surface area contributed by atoms with Crippen molar-refractivity contribution >= 4 is 19.8 Å². The molecular weight excluding hydrogens is 750 g/mol. The maximum absolute atomic E-state index is 12.7. The van der Waals surface area contributed by atoms with Crippen molar-refractivity contribution < 1.29 is 42.1 Å². The summed E-state index contributed by atoms with van der Waals surface area (Å²) in [6, 6.07) is 0. The van der Waals surface area contributed by atoms with Crippen LogP contribution in [0.4, 0.5) is 0 Å². The Morgan fingerprint density at radius 2 is 0.879 bits per heavy atom. The molecule has 10 heteroatoms. The van der Waals surface area contributed by atoms with Gasteiger partial charge >= 0.3 is 19.8 Å². The second kappa shape index (κ2) is 40.9. The van der Waals surface area contributed by atoms with Crippen LogP contribution in [0.1, 0.15) is 219 Å². The van der Waals surface area contributed by atoms with Gasteiger partial charge in [-0.15, -0.1) is 0 Å². The fourth-order valence-electron chi connectivity index (χ4n) is 6.65. The van der Waals surface area contributed by atoms with Gasteiger partial charge in [0.1, 0.15) is 19.8 Å². The van der Waals surface area contributed by atoms with E-state index in [-0.39, 0.29) is 32.0 Å². The van der Waals surface area contributed by atoms with E-state index in [9.17, 15) is 19.0 Å². The van der Waals surface area contributed by atoms with Gasteiger partial charge in [-0.2, -0.15) is 0 Å². The van der Waals surface area contributed by atoms with Crippen LogP contribution in [0.3, 0.4) is 0 Å². The first kappa shape index (κ1) is 56.5. The molecule has 0 bridgehead atoms. The first-order valence-corrected chi connectivity index (χ1v) is 25.6. The van der Waals surface area contributed by atoms with Crippen LogP contribution in [0.5, 0.6) is 0 Å². The Hall–Kier alpha value is -1.51. The Morgan fingerprint density at radius 3 is 1.28 bits per heavy atom. The van der Waals surface area contributed by atoms with Gasteiger partial charge in [0.25, 0.3) is 0 Å². The maximum Gasteiger partial charge on any atom is 0.472 e. The minimum Gasteiger partial charge on any atom is -0.462 e. The molecular formula is C48H93NO8P+. The molecule has 0 saturated heterocycles. The zero-order valence-electron chi connectivity index (χ0n) is 38.5. The lowest BCUT2D eigenvalue weighted by Crippen LogP contribution is -2.37. The number of hydrogen-bond acceptors (Lipinski definition) is 7. The van der Waals surface area contributed by atoms with E-state index in [1.54, 1.807) is 0 Å². The standard InChI is InChI=1S/C48H92NO8P/c1-6-8-10-12-14-16-18-20-22-24-26-28-30-32-34-36-38-40-47(50)54-44-46(45-56-58(52,53)55-43-42-49(3,4)5)57-48(51)41-39-37-35-33-31-29-27-25-23-21-19-17-15-13-11-9-7-2/h20-23,46H,6-19,24-45H2,1-5H3/p+1/t46-/m1/s1. The zero-order valence-corrected chi connectivity index (χ0v) is 39.4. The molecule has 0 rings (SSSR count). The van der Waals surface area contributed by atoms with Crippen LogP contribution >= 0.6 is 7.82 Å². The van der Waals surface area contributed by atoms with Gasteiger partial charge in [-0.25, -0.2) is 4.57 Å². The topological polar surface area (TPSA) is 108 Å². The summed E-state index contributed by atoms with van der Waals surface area (Å²) in [5, 5.41) is 0. The highest BCUT2D eigenvalue weighted by Gasteiger charge is 2.27. The number of ether oxygens (including phenoxy) is 2. The van der Waals surface area contributed by atoms with Crippen molar-refractivity contribution in [2.75, 3.05) is 47.5 Å². The average Bonchev–Trinajstić information content (AvgIpc) is 3.17. The van der Waals surface area contributed by atoms with Gasteiger partial charge in [-0.1, -0.05) is 167 Å². The number of esters is 2. The Kier molecular flexibility index (Phi) is 39.8. The van der Waals surface area contributed by atoms with Crippen molar-refractivity contribution in [3.8, 4) is 0 Å². The first-order valence-electron chi connectivity index (χ1n) is 24.1. The van der Waals surface area contributed by atoms with Crippen molar-refractivity contribution in [2.24, 2.45) is 0 Å². The predicted molar refractivity (Wildman–Crippen MR) is 243 cm³/mol. The molecule has 0 aliphatic carbocycles. The van der Waals surface area contributed by atoms with Crippen LogP contribution in [-0.2, 0) is 32.7 Å². The molecule has 0 heterocycles. The highest BCUT2D eigenvalue weighted by Crippen LogP contribution is 2.43. The maximum atomic E-state index is 12.7. The summed E-state index contributed by atoms with van der Waals surface area (Å²) in [5.74, 6) is -0.801. The van der Waals surface area contributed by atoms with Crippen LogP contribution in [0.2, 0.25) is 0 Å². The van der Waals surface area contributed by atoms with Crippen LogP contribution in [0.25, 0.3) is 0 Å². The lowest BCUT2D eigenvalue weighted by Gasteiger charge is -2.24. The third kappa shape index (κ3) is 44.1. The largest absolute Gasteiger partial charge is 0.472 e. The summed E-state index contributed by atoms with van der Waals surface area (Å²) < 4.78 is 34.4. The van der Waals surface area contributed by atoms with Crippen molar-refractivity contribution in [1.82, 2.24) is 0 Å². The molecule has 1 unspecified atom stereocenters. The summed E-state index contributed by atoms with van der Waals surface area (Å²) in [6.07, 6.45) is 45.0. The molecule has 0 aromatic rings. The first-order chi connectivity index (χ1) is 28.0. The normalized spacial score (nSPS) is 13.7. The Bertz CT molecular complexity index is 1040. The van der Waals surface area contributed by atoms with Gasteiger partial charge in [0.15, 0.2) is 6.10 Å². The van der Waals surface area contributed by atoms with Gasteiger partial charge in [0, 0.05) is 12.8 Å². The van der Waals surface area contributed by atoms with Gasteiger partial charge in [-0.3, -0.25) is 18.6 Å². The van der Waals surface area contributed by atoms with Gasteiger partial charge in [0.2, 0.25) is 0 Å². The van der Waals surface area contributed by atoms with E-state index < -0.39 is 26.5 Å². The quantitative estimate of drug-likeness (QED) is 0.0212. The second-order valence-corrected chi connectivity index (χ2v) is 18.9. The highest BCUT2D eigenvalue weighted by molar-refractivity contribution is 7.47. The van der Waals surface area contributed by atoms with Crippen molar-refractivity contribution in [2.45, 2.75) is 225 Å². The molecule has 2 atom stereocenters. The second-order valence-electron chi connectivity index (χ2n) is 17.5. The number of hydrogen-bond donors (Lipinski definition) is 1. The summed E-state index contributed by atoms with van der Waals surface area (Å²) in [4.78, 5) is 35.5. The fourth-order valence-corrected chi connectivity index (χ4v) is 7.39. The number of unbranched alkanes of at least 4 members (excludes halogenated alkanes) is 26. The van der Waals surface area contributed by atoms with E-state index in [0.717, 1.165) is 44.9 Å². The van der Waals surface area contributed by atoms with Crippen LogP contribution < -0.4 is 0 Å². The van der Waals surface area contributed by atoms with Crippen LogP contribution in [0, 0.1) is 0 Å². The van der Waals surface area contributed by atoms with Crippen LogP contribution in [-0.4, -0.2) is 74.9 Å². The SMILES string of the molecule is CCCCCCCCC=CCCCCCCCCCC(=O)OC[C@H](COP(=O)(O)OCC[N+](C)(C)C)OC(=O)CCCCCCCCCC=CCCCCCCCC. The summed E-state index contributed by atoms with van der Waals surface area (Å²) in [7, 11) is 1.48. The van der Waals surface area contributed by atoms with Crippen molar-refractivity contribution in [3.05, 3.63) is 24.3 Å². The molecule has 1 N–H and O–H groups in total. The van der Waals surface area contributed by atoms with E-state index in [1.807, 2.05) is 21.1 Å². The van der Waals surface area contributed by atoms with Gasteiger partial charge in [0.05, 0.1) is 27.7 Å². The monoisotopic (exact) mass is 843 g/mol. The molecule has 342 valence electrons. The third-order valence-corrected chi connectivity index (χ3v) is 11.4. The molecule has 0 spiro atoms. The molecule has 0 aliphatic heterocycles. The summed E-state index contributed by atoms with van der Waals surface area (Å²) in [6.45, 7) is 4.43. The van der Waals surface area contributed by atoms with E-state index >= 15 is 0 Å². The molecule has 0 aromatic heterocycles. The number of likely N-dealkylation sites (N-methyl/N-ethyl adjacent to an activating group) is 1. The van der Waals surface area contributed by atoms with Gasteiger partial charge < -0.3 is 18.9 Å². The predicted octanol–water partition coefficient (Wildman–Crippen LogP) is 13.9. The molecule has 0 aliphatic rings. The number of quaternary nitrogens is 1. The molecule has 0 amide bonds. The third-order valence-electron chi connectivity index (χ3n) is 10.5. The Morgan fingerprint density at radius 1 is 0.517 bits per heavy atom. The number of phosphoric acid groups is 1. The minimum atomic E-state index is -4.38. The van der Waals surface area contributed by atoms with Crippen molar-refractivity contribution in [3.63, 3.8) is 0 Å². The van der Waals surface area contributed by atoms with E-state index in [1.165, 1.54) is 141 Å². The Labute approximate surface area is 358 Å². The molecule has 0 radical (unpaired) electrons. The van der Waals surface area contributed by atoms with E-state index in [4.69, 9.17) is 18.5 Å². The molecule has 0 saturated carbocycles. The summed E-state index contributed by atoms with van der Waals surface area (Å²) >= 11 is 0. The van der Waals surface area contributed by atoms with Gasteiger partial charge in [-0.05, 0) is 64.2 Å². The number of rotatable bonds is 44. The number of carbonyl (C=O) groups excluding carboxylic acids is 2. The minimum absolute atomic E-state index is 0.0315. The molecule has 0 fully saturated rings. The smallest absolute Gasteiger partial charge is 0.462 e. The fraction of sp³-hybridized carbons (Fsp3) is 0.875. The molecule has 9 nitrogen and oxygen atoms in total. The summed E-state index contributed by atoms with van der Waals surface area (Å²) in [5.41, 5.74) is 0. The average molecular weight is 843 g/mol. The number of phosphoric ester groups is 1. The van der Waals surface area contributed by atoms with E-state index in [0.29, 0.717) is 17.4 Å². The lowest BCUT2D eigenvalue weighted by atomic mass is 10.1. The van der Waals surface area contributed by atoms with Crippen molar-refractivity contribution in [1.29, 1.82) is 0 Å². The number of carbonyl (C=O) groups is 2. The molecule has 0 aromatic carbocycles.